The fourth-order valence-electron chi connectivity index (χ4n) is 2.67. The molecule has 0 saturated carbocycles. The Morgan fingerprint density at radius 3 is 2.77 bits per heavy atom. The molecule has 0 fully saturated rings. The van der Waals surface area contributed by atoms with Crippen LogP contribution >= 0.6 is 23.7 Å². The molecule has 1 aliphatic heterocycles. The van der Waals surface area contributed by atoms with E-state index in [0.29, 0.717) is 15.8 Å². The Balaban J connectivity index is 0.00000196. The molecular formula is C19H17ClN4OS. The second-order valence-corrected chi connectivity index (χ2v) is 6.75. The Labute approximate surface area is 161 Å². The summed E-state index contributed by atoms with van der Waals surface area (Å²) in [6.07, 6.45) is 5.37. The maximum absolute atomic E-state index is 10.2. The minimum absolute atomic E-state index is 0. The van der Waals surface area contributed by atoms with Gasteiger partial charge in [-0.2, -0.15) is 4.98 Å². The van der Waals surface area contributed by atoms with Gasteiger partial charge < -0.3 is 10.4 Å². The number of aromatic hydroxyl groups is 1. The van der Waals surface area contributed by atoms with Gasteiger partial charge >= 0.3 is 0 Å². The van der Waals surface area contributed by atoms with Crippen LogP contribution < -0.4 is 5.32 Å². The molecule has 4 rings (SSSR count). The maximum atomic E-state index is 10.2. The number of rotatable bonds is 4. The van der Waals surface area contributed by atoms with Crippen LogP contribution in [0.25, 0.3) is 11.6 Å². The summed E-state index contributed by atoms with van der Waals surface area (Å²) in [6, 6.07) is 14.1. The summed E-state index contributed by atoms with van der Waals surface area (Å²) < 4.78 is 0. The van der Waals surface area contributed by atoms with Crippen molar-refractivity contribution in [2.45, 2.75) is 13.0 Å². The summed E-state index contributed by atoms with van der Waals surface area (Å²) in [5, 5.41) is 14.2. The Bertz CT molecular complexity index is 969. The maximum Gasteiger partial charge on any atom is 0.231 e. The molecule has 132 valence electrons. The number of benzene rings is 1. The van der Waals surface area contributed by atoms with Crippen LogP contribution in [-0.4, -0.2) is 21.3 Å². The number of aromatic nitrogens is 2. The van der Waals surface area contributed by atoms with Gasteiger partial charge in [-0.15, -0.1) is 12.4 Å². The largest absolute Gasteiger partial charge is 0.492 e. The molecule has 7 heteroatoms. The molecule has 1 aliphatic rings. The standard InChI is InChI=1S/C19H16N4OS.ClH/c1-12(13-6-3-2-4-7-13)22-19-23-18(24)16(25-19)10-14-11-21-17-15(14)8-5-9-20-17;/h2-12,24H,1H3,(H,22,23);1H/b14-10+;/t12-;/m0./s1. The van der Waals surface area contributed by atoms with E-state index in [-0.39, 0.29) is 24.3 Å². The molecule has 1 atom stereocenters. The van der Waals surface area contributed by atoms with Crippen molar-refractivity contribution in [3.05, 3.63) is 64.7 Å². The number of nitrogens with zero attached hydrogens (tertiary/aromatic N) is 3. The van der Waals surface area contributed by atoms with Crippen molar-refractivity contribution in [1.29, 1.82) is 0 Å². The van der Waals surface area contributed by atoms with Crippen LogP contribution in [0.2, 0.25) is 0 Å². The number of allylic oxidation sites excluding steroid dienone is 1. The topological polar surface area (TPSA) is 70.4 Å². The highest BCUT2D eigenvalue weighted by Crippen LogP contribution is 2.36. The van der Waals surface area contributed by atoms with E-state index in [4.69, 9.17) is 0 Å². The first kappa shape index (κ1) is 18.1. The zero-order valence-corrected chi connectivity index (χ0v) is 15.6. The summed E-state index contributed by atoms with van der Waals surface area (Å²) in [4.78, 5) is 13.4. The average Bonchev–Trinajstić information content (AvgIpc) is 3.20. The number of nitrogens with one attached hydrogen (secondary N) is 1. The average molecular weight is 385 g/mol. The smallest absolute Gasteiger partial charge is 0.231 e. The number of pyridine rings is 1. The highest BCUT2D eigenvalue weighted by atomic mass is 35.5. The van der Waals surface area contributed by atoms with Crippen LogP contribution in [0.4, 0.5) is 10.9 Å². The number of thiazole rings is 1. The van der Waals surface area contributed by atoms with E-state index >= 15 is 0 Å². The van der Waals surface area contributed by atoms with Gasteiger partial charge in [0, 0.05) is 23.5 Å². The molecular weight excluding hydrogens is 368 g/mol. The van der Waals surface area contributed by atoms with Crippen LogP contribution in [0.1, 0.15) is 29.0 Å². The Kier molecular flexibility index (Phi) is 5.35. The third kappa shape index (κ3) is 3.61. The second-order valence-electron chi connectivity index (χ2n) is 5.72. The first-order valence-electron chi connectivity index (χ1n) is 7.93. The number of hydrogen-bond acceptors (Lipinski definition) is 6. The molecule has 2 aromatic heterocycles. The Morgan fingerprint density at radius 1 is 1.15 bits per heavy atom. The zero-order chi connectivity index (χ0) is 17.2. The van der Waals surface area contributed by atoms with Crippen LogP contribution in [-0.2, 0) is 0 Å². The fourth-order valence-corrected chi connectivity index (χ4v) is 3.57. The van der Waals surface area contributed by atoms with Gasteiger partial charge in [0.1, 0.15) is 0 Å². The SMILES string of the molecule is C[C@H](Nc1nc(O)c(/C=C2\C=Nc3ncccc32)s1)c1ccccc1.Cl. The van der Waals surface area contributed by atoms with E-state index in [0.717, 1.165) is 11.1 Å². The van der Waals surface area contributed by atoms with Crippen LogP contribution in [0.3, 0.4) is 0 Å². The van der Waals surface area contributed by atoms with E-state index in [1.807, 2.05) is 36.4 Å². The van der Waals surface area contributed by atoms with Crippen LogP contribution in [0.5, 0.6) is 5.88 Å². The van der Waals surface area contributed by atoms with Crippen molar-refractivity contribution in [3.8, 4) is 5.88 Å². The minimum Gasteiger partial charge on any atom is -0.492 e. The molecule has 0 radical (unpaired) electrons. The summed E-state index contributed by atoms with van der Waals surface area (Å²) in [6.45, 7) is 2.07. The monoisotopic (exact) mass is 384 g/mol. The molecule has 0 aliphatic carbocycles. The van der Waals surface area contributed by atoms with Crippen molar-refractivity contribution >= 4 is 52.6 Å². The number of hydrogen-bond donors (Lipinski definition) is 2. The van der Waals surface area contributed by atoms with Gasteiger partial charge in [0.15, 0.2) is 10.9 Å². The highest BCUT2D eigenvalue weighted by molar-refractivity contribution is 7.16. The third-order valence-corrected chi connectivity index (χ3v) is 4.91. The third-order valence-electron chi connectivity index (χ3n) is 3.98. The molecule has 3 aromatic rings. The highest BCUT2D eigenvalue weighted by Gasteiger charge is 2.16. The molecule has 2 N–H and O–H groups in total. The van der Waals surface area contributed by atoms with Crippen molar-refractivity contribution in [2.75, 3.05) is 5.32 Å². The molecule has 26 heavy (non-hydrogen) atoms. The number of aliphatic imine (C=N–C) groups is 1. The van der Waals surface area contributed by atoms with Crippen LogP contribution in [0, 0.1) is 0 Å². The lowest BCUT2D eigenvalue weighted by atomic mass is 10.1. The molecule has 1 aromatic carbocycles. The van der Waals surface area contributed by atoms with Gasteiger partial charge in [0.05, 0.1) is 10.9 Å². The van der Waals surface area contributed by atoms with Gasteiger partial charge in [0.2, 0.25) is 5.88 Å². The van der Waals surface area contributed by atoms with Gasteiger partial charge in [0.25, 0.3) is 0 Å². The first-order chi connectivity index (χ1) is 12.2. The van der Waals surface area contributed by atoms with E-state index in [1.54, 1.807) is 12.4 Å². The van der Waals surface area contributed by atoms with Crippen molar-refractivity contribution in [1.82, 2.24) is 9.97 Å². The van der Waals surface area contributed by atoms with E-state index in [2.05, 4.69) is 39.3 Å². The zero-order valence-electron chi connectivity index (χ0n) is 14.0. The van der Waals surface area contributed by atoms with E-state index in [1.165, 1.54) is 16.9 Å². The fraction of sp³-hybridized carbons (Fsp3) is 0.105. The van der Waals surface area contributed by atoms with Gasteiger partial charge in [-0.3, -0.25) is 0 Å². The van der Waals surface area contributed by atoms with Crippen molar-refractivity contribution in [3.63, 3.8) is 0 Å². The summed E-state index contributed by atoms with van der Waals surface area (Å²) in [5.41, 5.74) is 3.05. The second kappa shape index (κ2) is 7.68. The molecule has 0 spiro atoms. The molecule has 5 nitrogen and oxygen atoms in total. The lowest BCUT2D eigenvalue weighted by molar-refractivity contribution is 0.456. The summed E-state index contributed by atoms with van der Waals surface area (Å²) in [7, 11) is 0. The number of fused-ring (bicyclic) bond motifs is 1. The molecule has 3 heterocycles. The molecule has 0 saturated heterocycles. The summed E-state index contributed by atoms with van der Waals surface area (Å²) in [5.74, 6) is 0.722. The Hall–Kier alpha value is -2.70. The quantitative estimate of drug-likeness (QED) is 0.656. The van der Waals surface area contributed by atoms with Crippen molar-refractivity contribution in [2.24, 2.45) is 4.99 Å². The predicted molar refractivity (Wildman–Crippen MR) is 110 cm³/mol. The molecule has 0 unspecified atom stereocenters. The lowest BCUT2D eigenvalue weighted by Crippen LogP contribution is -2.05. The first-order valence-corrected chi connectivity index (χ1v) is 8.75. The Morgan fingerprint density at radius 2 is 1.96 bits per heavy atom. The van der Waals surface area contributed by atoms with Gasteiger partial charge in [-0.1, -0.05) is 41.7 Å². The van der Waals surface area contributed by atoms with Gasteiger partial charge in [-0.25, -0.2) is 9.98 Å². The summed E-state index contributed by atoms with van der Waals surface area (Å²) >= 11 is 1.41. The van der Waals surface area contributed by atoms with Crippen LogP contribution in [0.15, 0.2) is 53.7 Å². The van der Waals surface area contributed by atoms with Crippen molar-refractivity contribution < 1.29 is 5.11 Å². The molecule has 0 amide bonds. The van der Waals surface area contributed by atoms with E-state index in [9.17, 15) is 5.11 Å². The molecule has 0 bridgehead atoms. The number of anilines is 1. The predicted octanol–water partition coefficient (Wildman–Crippen LogP) is 5.10. The normalized spacial score (nSPS) is 14.7. The lowest BCUT2D eigenvalue weighted by Gasteiger charge is -2.12. The van der Waals surface area contributed by atoms with E-state index < -0.39 is 0 Å². The van der Waals surface area contributed by atoms with Gasteiger partial charge in [-0.05, 0) is 30.7 Å². The number of halogens is 1. The minimum atomic E-state index is 0.